The van der Waals surface area contributed by atoms with Gasteiger partial charge in [-0.15, -0.1) is 0 Å². The van der Waals surface area contributed by atoms with Gasteiger partial charge in [0.1, 0.15) is 0 Å². The standard InChI is InChI=1S/C8H10O4S/c9-7(10)5-3-1-2-4(13-3)6(5)8(11)12/h3-6H,1-2H2,(H,9,10)(H,11,12)/t3-,4+,5-,6+. The summed E-state index contributed by atoms with van der Waals surface area (Å²) in [5, 5.41) is 17.8. The van der Waals surface area contributed by atoms with Crippen molar-refractivity contribution >= 4 is 23.7 Å². The molecule has 0 aromatic heterocycles. The van der Waals surface area contributed by atoms with Crippen LogP contribution >= 0.6 is 11.8 Å². The molecule has 2 aliphatic rings. The van der Waals surface area contributed by atoms with Crippen LogP contribution in [-0.2, 0) is 9.59 Å². The van der Waals surface area contributed by atoms with E-state index in [-0.39, 0.29) is 10.5 Å². The SMILES string of the molecule is O=C(O)[C@@H]1[C@H](C(=O)O)[C@H]2CC[C@@H]1S2. The topological polar surface area (TPSA) is 74.6 Å². The van der Waals surface area contributed by atoms with Crippen molar-refractivity contribution in [2.75, 3.05) is 0 Å². The van der Waals surface area contributed by atoms with E-state index in [9.17, 15) is 9.59 Å². The Morgan fingerprint density at radius 2 is 1.38 bits per heavy atom. The van der Waals surface area contributed by atoms with E-state index < -0.39 is 23.8 Å². The van der Waals surface area contributed by atoms with Crippen molar-refractivity contribution < 1.29 is 19.8 Å². The predicted octanol–water partition coefficient (Wildman–Crippen LogP) is 0.666. The van der Waals surface area contributed by atoms with Gasteiger partial charge in [-0.2, -0.15) is 11.8 Å². The number of fused-ring (bicyclic) bond motifs is 2. The molecule has 2 saturated heterocycles. The monoisotopic (exact) mass is 202 g/mol. The van der Waals surface area contributed by atoms with Crippen LogP contribution in [0.3, 0.4) is 0 Å². The molecule has 2 rings (SSSR count). The van der Waals surface area contributed by atoms with Gasteiger partial charge in [-0.25, -0.2) is 0 Å². The first-order chi connectivity index (χ1) is 6.11. The Bertz CT molecular complexity index is 239. The first-order valence-electron chi connectivity index (χ1n) is 4.22. The van der Waals surface area contributed by atoms with E-state index in [1.165, 1.54) is 0 Å². The van der Waals surface area contributed by atoms with Crippen LogP contribution in [0.4, 0.5) is 0 Å². The van der Waals surface area contributed by atoms with E-state index in [4.69, 9.17) is 10.2 Å². The Kier molecular flexibility index (Phi) is 1.98. The Balaban J connectivity index is 2.24. The van der Waals surface area contributed by atoms with E-state index in [1.54, 1.807) is 11.8 Å². The average Bonchev–Trinajstić information content (AvgIpc) is 2.60. The predicted molar refractivity (Wildman–Crippen MR) is 46.7 cm³/mol. The largest absolute Gasteiger partial charge is 0.481 e. The van der Waals surface area contributed by atoms with E-state index in [1.807, 2.05) is 0 Å². The molecule has 0 aromatic carbocycles. The van der Waals surface area contributed by atoms with Crippen molar-refractivity contribution in [1.82, 2.24) is 0 Å². The van der Waals surface area contributed by atoms with Crippen LogP contribution in [0, 0.1) is 11.8 Å². The van der Waals surface area contributed by atoms with E-state index in [0.29, 0.717) is 0 Å². The molecule has 2 heterocycles. The molecular formula is C8H10O4S. The molecule has 13 heavy (non-hydrogen) atoms. The third-order valence-corrected chi connectivity index (χ3v) is 4.60. The van der Waals surface area contributed by atoms with E-state index in [2.05, 4.69) is 0 Å². The van der Waals surface area contributed by atoms with Crippen molar-refractivity contribution in [2.24, 2.45) is 11.8 Å². The van der Waals surface area contributed by atoms with Gasteiger partial charge < -0.3 is 10.2 Å². The molecule has 0 aromatic rings. The molecule has 4 nitrogen and oxygen atoms in total. The molecule has 2 bridgehead atoms. The van der Waals surface area contributed by atoms with Gasteiger partial charge in [0.25, 0.3) is 0 Å². The molecule has 5 heteroatoms. The molecule has 0 spiro atoms. The fraction of sp³-hybridized carbons (Fsp3) is 0.750. The fourth-order valence-electron chi connectivity index (χ4n) is 2.31. The Morgan fingerprint density at radius 1 is 1.00 bits per heavy atom. The third kappa shape index (κ3) is 1.22. The number of rotatable bonds is 2. The number of carboxylic acid groups (broad SMARTS) is 2. The minimum atomic E-state index is -0.952. The van der Waals surface area contributed by atoms with Crippen LogP contribution in [0.1, 0.15) is 12.8 Å². The maximum atomic E-state index is 10.8. The average molecular weight is 202 g/mol. The highest BCUT2D eigenvalue weighted by atomic mass is 32.2. The zero-order chi connectivity index (χ0) is 9.59. The second-order valence-electron chi connectivity index (χ2n) is 3.52. The van der Waals surface area contributed by atoms with Gasteiger partial charge in [0.15, 0.2) is 0 Å². The maximum Gasteiger partial charge on any atom is 0.308 e. The molecular weight excluding hydrogens is 192 g/mol. The fourth-order valence-corrected chi connectivity index (χ4v) is 4.21. The van der Waals surface area contributed by atoms with Gasteiger partial charge in [0.05, 0.1) is 11.8 Å². The molecule has 0 saturated carbocycles. The number of hydrogen-bond donors (Lipinski definition) is 2. The number of carboxylic acids is 2. The summed E-state index contributed by atoms with van der Waals surface area (Å²) in [6.45, 7) is 0. The number of carbonyl (C=O) groups is 2. The molecule has 0 radical (unpaired) electrons. The van der Waals surface area contributed by atoms with E-state index >= 15 is 0 Å². The van der Waals surface area contributed by atoms with Crippen LogP contribution in [0.5, 0.6) is 0 Å². The Hall–Kier alpha value is -0.710. The summed E-state index contributed by atoms with van der Waals surface area (Å²) in [6, 6.07) is 0. The van der Waals surface area contributed by atoms with Crippen molar-refractivity contribution in [3.8, 4) is 0 Å². The van der Waals surface area contributed by atoms with E-state index in [0.717, 1.165) is 12.8 Å². The van der Waals surface area contributed by atoms with Crippen molar-refractivity contribution in [1.29, 1.82) is 0 Å². The summed E-state index contributed by atoms with van der Waals surface area (Å²) in [6.07, 6.45) is 1.71. The van der Waals surface area contributed by atoms with Crippen LogP contribution < -0.4 is 0 Å². The first-order valence-corrected chi connectivity index (χ1v) is 5.16. The van der Waals surface area contributed by atoms with Crippen LogP contribution in [-0.4, -0.2) is 32.7 Å². The quantitative estimate of drug-likeness (QED) is 0.688. The molecule has 4 atom stereocenters. The summed E-state index contributed by atoms with van der Waals surface area (Å²) in [5.41, 5.74) is 0. The molecule has 2 fully saturated rings. The second-order valence-corrected chi connectivity index (χ2v) is 5.00. The molecule has 72 valence electrons. The summed E-state index contributed by atoms with van der Waals surface area (Å²) >= 11 is 1.54. The van der Waals surface area contributed by atoms with Crippen LogP contribution in [0.2, 0.25) is 0 Å². The number of hydrogen-bond acceptors (Lipinski definition) is 3. The molecule has 2 N–H and O–H groups in total. The Morgan fingerprint density at radius 3 is 1.69 bits per heavy atom. The lowest BCUT2D eigenvalue weighted by Crippen LogP contribution is -2.38. The van der Waals surface area contributed by atoms with Crippen LogP contribution in [0.15, 0.2) is 0 Å². The normalized spacial score (nSPS) is 42.2. The smallest absolute Gasteiger partial charge is 0.308 e. The number of aliphatic carboxylic acids is 2. The summed E-state index contributed by atoms with van der Waals surface area (Å²) in [7, 11) is 0. The first kappa shape index (κ1) is 8.87. The lowest BCUT2D eigenvalue weighted by Gasteiger charge is -2.22. The van der Waals surface area contributed by atoms with Crippen molar-refractivity contribution in [2.45, 2.75) is 23.3 Å². The molecule has 0 aliphatic carbocycles. The minimum absolute atomic E-state index is 0.0311. The van der Waals surface area contributed by atoms with Crippen molar-refractivity contribution in [3.63, 3.8) is 0 Å². The minimum Gasteiger partial charge on any atom is -0.481 e. The van der Waals surface area contributed by atoms with Gasteiger partial charge in [-0.1, -0.05) is 0 Å². The highest BCUT2D eigenvalue weighted by Crippen LogP contribution is 2.53. The molecule has 0 unspecified atom stereocenters. The highest BCUT2D eigenvalue weighted by molar-refractivity contribution is 8.01. The summed E-state index contributed by atoms with van der Waals surface area (Å²) in [4.78, 5) is 21.7. The second kappa shape index (κ2) is 2.90. The Labute approximate surface area is 79.3 Å². The zero-order valence-electron chi connectivity index (χ0n) is 6.84. The van der Waals surface area contributed by atoms with Gasteiger partial charge >= 0.3 is 11.9 Å². The lowest BCUT2D eigenvalue weighted by molar-refractivity contribution is -0.154. The lowest BCUT2D eigenvalue weighted by atomic mass is 9.79. The summed E-state index contributed by atoms with van der Waals surface area (Å²) in [5.74, 6) is -3.23. The van der Waals surface area contributed by atoms with Gasteiger partial charge in [0.2, 0.25) is 0 Å². The highest BCUT2D eigenvalue weighted by Gasteiger charge is 2.55. The third-order valence-electron chi connectivity index (χ3n) is 2.84. The maximum absolute atomic E-state index is 10.8. The van der Waals surface area contributed by atoms with Crippen LogP contribution in [0.25, 0.3) is 0 Å². The van der Waals surface area contributed by atoms with Gasteiger partial charge in [-0.05, 0) is 12.8 Å². The number of thioether (sulfide) groups is 1. The van der Waals surface area contributed by atoms with Gasteiger partial charge in [0, 0.05) is 10.5 Å². The van der Waals surface area contributed by atoms with Gasteiger partial charge in [-0.3, -0.25) is 9.59 Å². The molecule has 0 amide bonds. The molecule has 2 aliphatic heterocycles. The van der Waals surface area contributed by atoms with Crippen molar-refractivity contribution in [3.05, 3.63) is 0 Å². The summed E-state index contributed by atoms with van der Waals surface area (Å²) < 4.78 is 0. The zero-order valence-corrected chi connectivity index (χ0v) is 7.66.